The van der Waals surface area contributed by atoms with Crippen LogP contribution in [0.4, 0.5) is 11.5 Å². The van der Waals surface area contributed by atoms with Crippen molar-refractivity contribution in [3.63, 3.8) is 0 Å². The minimum absolute atomic E-state index is 0.0159. The van der Waals surface area contributed by atoms with Crippen molar-refractivity contribution in [3.05, 3.63) is 47.5 Å². The summed E-state index contributed by atoms with van der Waals surface area (Å²) in [7, 11) is 0. The van der Waals surface area contributed by atoms with Crippen LogP contribution in [0, 0.1) is 6.92 Å². The van der Waals surface area contributed by atoms with Gasteiger partial charge in [0.25, 0.3) is 5.91 Å². The van der Waals surface area contributed by atoms with Crippen molar-refractivity contribution in [1.82, 2.24) is 9.97 Å². The van der Waals surface area contributed by atoms with Gasteiger partial charge in [0, 0.05) is 24.3 Å². The van der Waals surface area contributed by atoms with Crippen LogP contribution in [0.25, 0.3) is 11.1 Å². The third kappa shape index (κ3) is 3.35. The molecule has 4 rings (SSSR count). The number of carbonyl (C=O) groups is 2. The van der Waals surface area contributed by atoms with E-state index >= 15 is 0 Å². The Balaban J connectivity index is 1.70. The van der Waals surface area contributed by atoms with Crippen LogP contribution in [0.2, 0.25) is 0 Å². The van der Waals surface area contributed by atoms with E-state index in [0.717, 1.165) is 31.7 Å². The first kappa shape index (κ1) is 18.2. The zero-order valence-electron chi connectivity index (χ0n) is 16.0. The van der Waals surface area contributed by atoms with E-state index in [-0.39, 0.29) is 11.7 Å². The van der Waals surface area contributed by atoms with E-state index in [1.165, 1.54) is 19.7 Å². The molecule has 0 spiro atoms. The quantitative estimate of drug-likeness (QED) is 0.691. The van der Waals surface area contributed by atoms with Gasteiger partial charge in [0.05, 0.1) is 10.9 Å². The Morgan fingerprint density at radius 3 is 2.46 bits per heavy atom. The van der Waals surface area contributed by atoms with Gasteiger partial charge in [-0.15, -0.1) is 0 Å². The highest BCUT2D eigenvalue weighted by Crippen LogP contribution is 2.33. The lowest BCUT2D eigenvalue weighted by atomic mass is 10.1. The second-order valence-electron chi connectivity index (χ2n) is 7.05. The van der Waals surface area contributed by atoms with E-state index < -0.39 is 0 Å². The molecule has 0 bridgehead atoms. The highest BCUT2D eigenvalue weighted by molar-refractivity contribution is 6.15. The molecule has 7 nitrogen and oxygen atoms in total. The summed E-state index contributed by atoms with van der Waals surface area (Å²) in [4.78, 5) is 35.4. The van der Waals surface area contributed by atoms with Crippen molar-refractivity contribution in [2.75, 3.05) is 23.3 Å². The van der Waals surface area contributed by atoms with Crippen LogP contribution in [0.15, 0.2) is 35.0 Å². The number of hydrogen-bond acceptors (Lipinski definition) is 6. The summed E-state index contributed by atoms with van der Waals surface area (Å²) in [6.45, 7) is 5.08. The summed E-state index contributed by atoms with van der Waals surface area (Å²) >= 11 is 0. The Morgan fingerprint density at radius 2 is 1.79 bits per heavy atom. The maximum Gasteiger partial charge on any atom is 0.260 e. The smallest absolute Gasteiger partial charge is 0.260 e. The number of rotatable bonds is 4. The number of benzene rings is 1. The SMILES string of the molecule is CC(=O)c1ccc(NC(=O)c2c(C)oc3ncnc(N4CCCCC4)c23)cc1. The van der Waals surface area contributed by atoms with Crippen LogP contribution < -0.4 is 10.2 Å². The van der Waals surface area contributed by atoms with Gasteiger partial charge in [0.2, 0.25) is 5.71 Å². The van der Waals surface area contributed by atoms with E-state index in [9.17, 15) is 9.59 Å². The highest BCUT2D eigenvalue weighted by Gasteiger charge is 2.25. The van der Waals surface area contributed by atoms with Crippen molar-refractivity contribution >= 4 is 34.3 Å². The fourth-order valence-corrected chi connectivity index (χ4v) is 3.63. The number of amides is 1. The molecule has 1 amide bonds. The predicted molar refractivity (Wildman–Crippen MR) is 107 cm³/mol. The molecule has 0 saturated carbocycles. The fraction of sp³-hybridized carbons (Fsp3) is 0.333. The van der Waals surface area contributed by atoms with E-state index in [4.69, 9.17) is 4.42 Å². The molecule has 0 aliphatic carbocycles. The molecule has 1 fully saturated rings. The lowest BCUT2D eigenvalue weighted by molar-refractivity contribution is 0.101. The summed E-state index contributed by atoms with van der Waals surface area (Å²) in [6.07, 6.45) is 4.90. The Morgan fingerprint density at radius 1 is 1.07 bits per heavy atom. The molecule has 0 radical (unpaired) electrons. The van der Waals surface area contributed by atoms with Crippen molar-refractivity contribution in [3.8, 4) is 0 Å². The normalized spacial score (nSPS) is 14.3. The predicted octanol–water partition coefficient (Wildman–Crippen LogP) is 3.98. The largest absolute Gasteiger partial charge is 0.442 e. The van der Waals surface area contributed by atoms with E-state index in [2.05, 4.69) is 20.2 Å². The molecule has 7 heteroatoms. The standard InChI is InChI=1S/C21H22N4O3/c1-13(26)15-6-8-16(9-7-15)24-20(27)17-14(2)28-21-18(17)19(22-12-23-21)25-10-4-3-5-11-25/h6-9,12H,3-5,10-11H2,1-2H3,(H,24,27). The average molecular weight is 378 g/mol. The fourth-order valence-electron chi connectivity index (χ4n) is 3.63. The van der Waals surface area contributed by atoms with E-state index in [1.807, 2.05) is 0 Å². The monoisotopic (exact) mass is 378 g/mol. The number of carbonyl (C=O) groups excluding carboxylic acids is 2. The first-order valence-electron chi connectivity index (χ1n) is 9.46. The summed E-state index contributed by atoms with van der Waals surface area (Å²) in [5.74, 6) is 0.961. The van der Waals surface area contributed by atoms with Gasteiger partial charge in [-0.25, -0.2) is 9.97 Å². The van der Waals surface area contributed by atoms with Gasteiger partial charge in [-0.2, -0.15) is 0 Å². The number of nitrogens with zero attached hydrogens (tertiary/aromatic N) is 3. The van der Waals surface area contributed by atoms with Crippen LogP contribution in [0.5, 0.6) is 0 Å². The molecule has 0 unspecified atom stereocenters. The van der Waals surface area contributed by atoms with Crippen LogP contribution in [0.3, 0.4) is 0 Å². The van der Waals surface area contributed by atoms with Crippen molar-refractivity contribution in [1.29, 1.82) is 0 Å². The number of piperidine rings is 1. The number of hydrogen-bond donors (Lipinski definition) is 1. The molecule has 1 aliphatic heterocycles. The molecule has 1 aliphatic rings. The molecule has 1 aromatic carbocycles. The molecule has 144 valence electrons. The maximum atomic E-state index is 13.1. The number of anilines is 2. The van der Waals surface area contributed by atoms with Gasteiger partial charge in [-0.3, -0.25) is 9.59 Å². The van der Waals surface area contributed by atoms with E-state index in [1.54, 1.807) is 31.2 Å². The van der Waals surface area contributed by atoms with Gasteiger partial charge in [0.15, 0.2) is 5.78 Å². The van der Waals surface area contributed by atoms with Crippen molar-refractivity contribution in [2.24, 2.45) is 0 Å². The van der Waals surface area contributed by atoms with Crippen LogP contribution in [0.1, 0.15) is 52.7 Å². The molecular weight excluding hydrogens is 356 g/mol. The summed E-state index contributed by atoms with van der Waals surface area (Å²) < 4.78 is 5.76. The van der Waals surface area contributed by atoms with E-state index in [0.29, 0.717) is 33.7 Å². The topological polar surface area (TPSA) is 88.3 Å². The number of fused-ring (bicyclic) bond motifs is 1. The Hall–Kier alpha value is -3.22. The van der Waals surface area contributed by atoms with Gasteiger partial charge in [-0.05, 0) is 57.4 Å². The second-order valence-corrected chi connectivity index (χ2v) is 7.05. The molecule has 3 heterocycles. The second kappa shape index (κ2) is 7.42. The minimum atomic E-state index is -0.278. The Labute approximate surface area is 162 Å². The first-order valence-corrected chi connectivity index (χ1v) is 9.46. The summed E-state index contributed by atoms with van der Waals surface area (Å²) in [5, 5.41) is 3.54. The van der Waals surface area contributed by atoms with Gasteiger partial charge in [-0.1, -0.05) is 0 Å². The Kier molecular flexibility index (Phi) is 4.81. The molecule has 1 saturated heterocycles. The van der Waals surface area contributed by atoms with Crippen molar-refractivity contribution < 1.29 is 14.0 Å². The third-order valence-corrected chi connectivity index (χ3v) is 5.08. The first-order chi connectivity index (χ1) is 13.5. The number of aryl methyl sites for hydroxylation is 1. The van der Waals surface area contributed by atoms with Gasteiger partial charge in [0.1, 0.15) is 17.9 Å². The minimum Gasteiger partial charge on any atom is -0.442 e. The molecule has 1 N–H and O–H groups in total. The zero-order chi connectivity index (χ0) is 19.7. The van der Waals surface area contributed by atoms with Crippen LogP contribution in [-0.4, -0.2) is 34.7 Å². The molecular formula is C21H22N4O3. The summed E-state index contributed by atoms with van der Waals surface area (Å²) in [5.41, 5.74) is 2.08. The molecule has 28 heavy (non-hydrogen) atoms. The maximum absolute atomic E-state index is 13.1. The number of nitrogens with one attached hydrogen (secondary N) is 1. The van der Waals surface area contributed by atoms with Crippen LogP contribution >= 0.6 is 0 Å². The number of aromatic nitrogens is 2. The summed E-state index contributed by atoms with van der Waals surface area (Å²) in [6, 6.07) is 6.82. The molecule has 2 aromatic heterocycles. The number of ketones is 1. The lowest BCUT2D eigenvalue weighted by Gasteiger charge is -2.28. The number of Topliss-reactive ketones (excluding diaryl/α,β-unsaturated/α-hetero) is 1. The average Bonchev–Trinajstić information content (AvgIpc) is 3.05. The zero-order valence-corrected chi connectivity index (χ0v) is 16.0. The van der Waals surface area contributed by atoms with Gasteiger partial charge < -0.3 is 14.6 Å². The molecule has 3 aromatic rings. The van der Waals surface area contributed by atoms with Gasteiger partial charge >= 0.3 is 0 Å². The highest BCUT2D eigenvalue weighted by atomic mass is 16.3. The Bertz CT molecular complexity index is 1030. The lowest BCUT2D eigenvalue weighted by Crippen LogP contribution is -2.30. The number of furan rings is 1. The molecule has 0 atom stereocenters. The van der Waals surface area contributed by atoms with Crippen molar-refractivity contribution in [2.45, 2.75) is 33.1 Å². The van der Waals surface area contributed by atoms with Crippen LogP contribution in [-0.2, 0) is 0 Å². The third-order valence-electron chi connectivity index (χ3n) is 5.08.